The van der Waals surface area contributed by atoms with E-state index in [0.29, 0.717) is 5.56 Å². The number of ether oxygens (including phenoxy) is 2. The number of carbonyl (C=O) groups excluding carboxylic acids is 1. The Morgan fingerprint density at radius 2 is 1.70 bits per heavy atom. The monoisotopic (exact) mass is 304 g/mol. The second-order valence-electron chi connectivity index (χ2n) is 5.90. The van der Waals surface area contributed by atoms with Crippen molar-refractivity contribution in [3.05, 3.63) is 77.4 Å². The molecule has 3 aromatic rings. The Morgan fingerprint density at radius 1 is 0.957 bits per heavy atom. The average molecular weight is 304 g/mol. The molecule has 4 rings (SSSR count). The second-order valence-corrected chi connectivity index (χ2v) is 5.90. The van der Waals surface area contributed by atoms with Crippen molar-refractivity contribution in [2.75, 3.05) is 7.11 Å². The zero-order valence-electron chi connectivity index (χ0n) is 13.0. The van der Waals surface area contributed by atoms with E-state index in [4.69, 9.17) is 9.47 Å². The van der Waals surface area contributed by atoms with E-state index >= 15 is 0 Å². The van der Waals surface area contributed by atoms with Crippen LogP contribution in [-0.2, 0) is 10.3 Å². The molecule has 0 saturated heterocycles. The van der Waals surface area contributed by atoms with Crippen molar-refractivity contribution in [3.63, 3.8) is 0 Å². The molecule has 3 heteroatoms. The number of cyclic esters (lactones) is 1. The Kier molecular flexibility index (Phi) is 2.91. The molecule has 0 amide bonds. The molecule has 0 fully saturated rings. The van der Waals surface area contributed by atoms with Crippen molar-refractivity contribution in [1.29, 1.82) is 0 Å². The topological polar surface area (TPSA) is 35.5 Å². The predicted octanol–water partition coefficient (Wildman–Crippen LogP) is 4.28. The van der Waals surface area contributed by atoms with E-state index in [1.54, 1.807) is 7.11 Å². The summed E-state index contributed by atoms with van der Waals surface area (Å²) in [6.07, 6.45) is 0. The molecule has 0 spiro atoms. The SMILES string of the molecule is COc1ccc2cc([C@]3(C)OC(=O)c4ccccc43)ccc2c1. The van der Waals surface area contributed by atoms with Gasteiger partial charge in [0.05, 0.1) is 12.7 Å². The first kappa shape index (κ1) is 13.8. The lowest BCUT2D eigenvalue weighted by molar-refractivity contribution is 0.0180. The van der Waals surface area contributed by atoms with Gasteiger partial charge in [-0.2, -0.15) is 0 Å². The van der Waals surface area contributed by atoms with Crippen LogP contribution in [0, 0.1) is 0 Å². The van der Waals surface area contributed by atoms with Gasteiger partial charge >= 0.3 is 5.97 Å². The van der Waals surface area contributed by atoms with Crippen molar-refractivity contribution in [2.24, 2.45) is 0 Å². The van der Waals surface area contributed by atoms with Gasteiger partial charge in [-0.25, -0.2) is 4.79 Å². The number of rotatable bonds is 2. The van der Waals surface area contributed by atoms with E-state index in [0.717, 1.165) is 27.6 Å². The number of methoxy groups -OCH3 is 1. The van der Waals surface area contributed by atoms with Crippen LogP contribution in [0.25, 0.3) is 10.8 Å². The van der Waals surface area contributed by atoms with Crippen LogP contribution in [0.5, 0.6) is 5.75 Å². The molecule has 0 saturated carbocycles. The Morgan fingerprint density at radius 3 is 2.52 bits per heavy atom. The van der Waals surface area contributed by atoms with Crippen molar-refractivity contribution in [1.82, 2.24) is 0 Å². The summed E-state index contributed by atoms with van der Waals surface area (Å²) < 4.78 is 11.0. The van der Waals surface area contributed by atoms with Crippen molar-refractivity contribution in [2.45, 2.75) is 12.5 Å². The van der Waals surface area contributed by atoms with Crippen molar-refractivity contribution >= 4 is 16.7 Å². The van der Waals surface area contributed by atoms with Crippen molar-refractivity contribution in [3.8, 4) is 5.75 Å². The Bertz CT molecular complexity index is 929. The lowest BCUT2D eigenvalue weighted by Crippen LogP contribution is -2.23. The molecule has 1 aliphatic rings. The normalized spacial score (nSPS) is 19.5. The molecule has 3 aromatic carbocycles. The van der Waals surface area contributed by atoms with Crippen LogP contribution in [0.4, 0.5) is 0 Å². The average Bonchev–Trinajstić information content (AvgIpc) is 2.86. The minimum atomic E-state index is -0.748. The molecule has 0 radical (unpaired) electrons. The molecule has 114 valence electrons. The number of hydrogen-bond donors (Lipinski definition) is 0. The van der Waals surface area contributed by atoms with Crippen LogP contribution in [0.1, 0.15) is 28.4 Å². The summed E-state index contributed by atoms with van der Waals surface area (Å²) in [6, 6.07) is 19.6. The first-order chi connectivity index (χ1) is 11.1. The zero-order valence-corrected chi connectivity index (χ0v) is 13.0. The molecule has 23 heavy (non-hydrogen) atoms. The van der Waals surface area contributed by atoms with Gasteiger partial charge < -0.3 is 9.47 Å². The highest BCUT2D eigenvalue weighted by atomic mass is 16.6. The quantitative estimate of drug-likeness (QED) is 0.663. The zero-order chi connectivity index (χ0) is 16.0. The number of fused-ring (bicyclic) bond motifs is 2. The van der Waals surface area contributed by atoms with Crippen LogP contribution < -0.4 is 4.74 Å². The van der Waals surface area contributed by atoms with Gasteiger partial charge in [-0.1, -0.05) is 36.4 Å². The lowest BCUT2D eigenvalue weighted by Gasteiger charge is -2.25. The fraction of sp³-hybridized carbons (Fsp3) is 0.150. The fourth-order valence-electron chi connectivity index (χ4n) is 3.23. The van der Waals surface area contributed by atoms with Gasteiger partial charge in [-0.15, -0.1) is 0 Å². The summed E-state index contributed by atoms with van der Waals surface area (Å²) in [4.78, 5) is 12.2. The van der Waals surface area contributed by atoms with Crippen LogP contribution in [0.3, 0.4) is 0 Å². The number of benzene rings is 3. The second kappa shape index (κ2) is 4.85. The van der Waals surface area contributed by atoms with Gasteiger partial charge in [0.1, 0.15) is 5.75 Å². The minimum absolute atomic E-state index is 0.266. The first-order valence-electron chi connectivity index (χ1n) is 7.53. The molecule has 1 aliphatic heterocycles. The maximum absolute atomic E-state index is 12.2. The maximum atomic E-state index is 12.2. The van der Waals surface area contributed by atoms with Gasteiger partial charge in [0, 0.05) is 11.1 Å². The molecule has 1 atom stereocenters. The third-order valence-corrected chi connectivity index (χ3v) is 4.56. The maximum Gasteiger partial charge on any atom is 0.339 e. The highest BCUT2D eigenvalue weighted by molar-refractivity contribution is 5.95. The highest BCUT2D eigenvalue weighted by Crippen LogP contribution is 2.42. The van der Waals surface area contributed by atoms with Gasteiger partial charge in [0.25, 0.3) is 0 Å². The van der Waals surface area contributed by atoms with Crippen LogP contribution in [0.2, 0.25) is 0 Å². The van der Waals surface area contributed by atoms with E-state index in [-0.39, 0.29) is 5.97 Å². The van der Waals surface area contributed by atoms with E-state index in [1.165, 1.54) is 0 Å². The molecule has 0 N–H and O–H groups in total. The van der Waals surface area contributed by atoms with E-state index in [1.807, 2.05) is 61.5 Å². The highest BCUT2D eigenvalue weighted by Gasteiger charge is 2.42. The molecule has 1 heterocycles. The van der Waals surface area contributed by atoms with Gasteiger partial charge in [0.15, 0.2) is 5.60 Å². The number of carbonyl (C=O) groups is 1. The number of esters is 1. The minimum Gasteiger partial charge on any atom is -0.497 e. The molecule has 0 aromatic heterocycles. The molecule has 3 nitrogen and oxygen atoms in total. The summed E-state index contributed by atoms with van der Waals surface area (Å²) >= 11 is 0. The van der Waals surface area contributed by atoms with Gasteiger partial charge in [-0.05, 0) is 42.0 Å². The summed E-state index contributed by atoms with van der Waals surface area (Å²) in [5.74, 6) is 0.562. The largest absolute Gasteiger partial charge is 0.497 e. The van der Waals surface area contributed by atoms with Gasteiger partial charge in [0.2, 0.25) is 0 Å². The summed E-state index contributed by atoms with van der Waals surface area (Å²) in [5, 5.41) is 2.18. The Labute approximate surface area is 134 Å². The third kappa shape index (κ3) is 2.00. The smallest absolute Gasteiger partial charge is 0.339 e. The Hall–Kier alpha value is -2.81. The van der Waals surface area contributed by atoms with Crippen LogP contribution >= 0.6 is 0 Å². The third-order valence-electron chi connectivity index (χ3n) is 4.56. The number of hydrogen-bond acceptors (Lipinski definition) is 3. The summed E-state index contributed by atoms with van der Waals surface area (Å²) in [6.45, 7) is 1.95. The molecule has 0 aliphatic carbocycles. The van der Waals surface area contributed by atoms with Crippen LogP contribution in [-0.4, -0.2) is 13.1 Å². The molecule has 0 unspecified atom stereocenters. The lowest BCUT2D eigenvalue weighted by atomic mass is 9.86. The fourth-order valence-corrected chi connectivity index (χ4v) is 3.23. The van der Waals surface area contributed by atoms with Crippen molar-refractivity contribution < 1.29 is 14.3 Å². The van der Waals surface area contributed by atoms with E-state index in [2.05, 4.69) is 6.07 Å². The summed E-state index contributed by atoms with van der Waals surface area (Å²) in [5.41, 5.74) is 1.78. The van der Waals surface area contributed by atoms with E-state index < -0.39 is 5.60 Å². The standard InChI is InChI=1S/C20H16O3/c1-20(18-6-4-3-5-17(18)19(21)23-20)15-9-7-14-12-16(22-2)10-8-13(14)11-15/h3-12H,1-2H3/t20-/m0/s1. The van der Waals surface area contributed by atoms with E-state index in [9.17, 15) is 4.79 Å². The Balaban J connectivity index is 1.88. The molecule has 0 bridgehead atoms. The molecular weight excluding hydrogens is 288 g/mol. The first-order valence-corrected chi connectivity index (χ1v) is 7.53. The summed E-state index contributed by atoms with van der Waals surface area (Å²) in [7, 11) is 1.66. The van der Waals surface area contributed by atoms with Crippen LogP contribution in [0.15, 0.2) is 60.7 Å². The van der Waals surface area contributed by atoms with Gasteiger partial charge in [-0.3, -0.25) is 0 Å². The molecular formula is C20H16O3. The predicted molar refractivity (Wildman–Crippen MR) is 88.8 cm³/mol.